The van der Waals surface area contributed by atoms with E-state index in [0.29, 0.717) is 12.2 Å². The first-order chi connectivity index (χ1) is 14.2. The molecular formula is C20H16ClF3N4O2. The van der Waals surface area contributed by atoms with E-state index in [0.717, 1.165) is 17.7 Å². The van der Waals surface area contributed by atoms with Gasteiger partial charge in [0.25, 0.3) is 0 Å². The van der Waals surface area contributed by atoms with Crippen LogP contribution in [0, 0.1) is 0 Å². The number of rotatable bonds is 6. The van der Waals surface area contributed by atoms with Crippen LogP contribution in [0.25, 0.3) is 0 Å². The van der Waals surface area contributed by atoms with Crippen molar-refractivity contribution in [2.45, 2.75) is 19.0 Å². The summed E-state index contributed by atoms with van der Waals surface area (Å²) >= 11 is 5.58. The summed E-state index contributed by atoms with van der Waals surface area (Å²) in [6, 6.07) is 11.7. The molecule has 0 aliphatic carbocycles. The summed E-state index contributed by atoms with van der Waals surface area (Å²) in [6.45, 7) is 0. The summed E-state index contributed by atoms with van der Waals surface area (Å²) < 4.78 is 44.4. The molecule has 0 unspecified atom stereocenters. The minimum absolute atomic E-state index is 0.0233. The minimum atomic E-state index is -4.60. The van der Waals surface area contributed by atoms with Crippen LogP contribution < -0.4 is 15.8 Å². The Hall–Kier alpha value is -3.33. The molecule has 10 heteroatoms. The van der Waals surface area contributed by atoms with Crippen molar-refractivity contribution in [3.05, 3.63) is 71.0 Å². The van der Waals surface area contributed by atoms with Crippen LogP contribution in [-0.2, 0) is 17.4 Å². The fourth-order valence-electron chi connectivity index (χ4n) is 2.60. The van der Waals surface area contributed by atoms with Gasteiger partial charge < -0.3 is 15.8 Å². The van der Waals surface area contributed by atoms with Crippen molar-refractivity contribution in [3.63, 3.8) is 0 Å². The number of amides is 1. The number of alkyl halides is 3. The number of nitrogens with zero attached hydrogens (tertiary/aromatic N) is 2. The molecule has 0 spiro atoms. The molecule has 2 aromatic carbocycles. The number of hydrogen-bond donors (Lipinski definition) is 2. The van der Waals surface area contributed by atoms with Gasteiger partial charge in [-0.05, 0) is 42.3 Å². The van der Waals surface area contributed by atoms with Gasteiger partial charge in [-0.15, -0.1) is 0 Å². The number of nitrogens with one attached hydrogen (secondary N) is 1. The van der Waals surface area contributed by atoms with Crippen molar-refractivity contribution in [1.29, 1.82) is 0 Å². The maximum absolute atomic E-state index is 12.9. The van der Waals surface area contributed by atoms with E-state index < -0.39 is 22.7 Å². The lowest BCUT2D eigenvalue weighted by Crippen LogP contribution is -2.14. The predicted molar refractivity (Wildman–Crippen MR) is 106 cm³/mol. The molecule has 0 fully saturated rings. The summed E-state index contributed by atoms with van der Waals surface area (Å²) in [5.41, 5.74) is 5.41. The highest BCUT2D eigenvalue weighted by Gasteiger charge is 2.33. The number of aryl methyl sites for hydroxylation is 1. The Morgan fingerprint density at radius 1 is 1.13 bits per heavy atom. The third-order valence-corrected chi connectivity index (χ3v) is 4.31. The average molecular weight is 437 g/mol. The van der Waals surface area contributed by atoms with E-state index >= 15 is 0 Å². The summed E-state index contributed by atoms with van der Waals surface area (Å²) in [4.78, 5) is 19.9. The molecule has 3 rings (SSSR count). The van der Waals surface area contributed by atoms with Gasteiger partial charge in [-0.3, -0.25) is 4.79 Å². The molecule has 156 valence electrons. The molecule has 1 heterocycles. The minimum Gasteiger partial charge on any atom is -0.439 e. The second kappa shape index (κ2) is 9.00. The molecular weight excluding hydrogens is 421 g/mol. The SMILES string of the molecule is Nc1cc(Oc2cccc(CCC(=O)Nc3ccc(Cl)c(C(F)(F)F)c3)c2)ncn1. The van der Waals surface area contributed by atoms with E-state index in [-0.39, 0.29) is 23.8 Å². The molecule has 0 aliphatic heterocycles. The maximum Gasteiger partial charge on any atom is 0.417 e. The first-order valence-electron chi connectivity index (χ1n) is 8.71. The second-order valence-corrected chi connectivity index (χ2v) is 6.68. The van der Waals surface area contributed by atoms with Gasteiger partial charge in [0.15, 0.2) is 0 Å². The fourth-order valence-corrected chi connectivity index (χ4v) is 2.82. The van der Waals surface area contributed by atoms with Crippen LogP contribution in [0.5, 0.6) is 11.6 Å². The van der Waals surface area contributed by atoms with Crippen molar-refractivity contribution in [2.75, 3.05) is 11.1 Å². The van der Waals surface area contributed by atoms with Crippen LogP contribution in [-0.4, -0.2) is 15.9 Å². The van der Waals surface area contributed by atoms with Crippen LogP contribution in [0.15, 0.2) is 54.9 Å². The monoisotopic (exact) mass is 436 g/mol. The van der Waals surface area contributed by atoms with Gasteiger partial charge in [0, 0.05) is 18.2 Å². The number of carbonyl (C=O) groups is 1. The Balaban J connectivity index is 1.60. The van der Waals surface area contributed by atoms with E-state index in [1.807, 2.05) is 0 Å². The zero-order valence-electron chi connectivity index (χ0n) is 15.4. The number of carbonyl (C=O) groups excluding carboxylic acids is 1. The molecule has 1 aromatic heterocycles. The number of benzene rings is 2. The molecule has 3 aromatic rings. The molecule has 6 nitrogen and oxygen atoms in total. The number of nitrogen functional groups attached to an aromatic ring is 1. The topological polar surface area (TPSA) is 90.1 Å². The van der Waals surface area contributed by atoms with Crippen molar-refractivity contribution < 1.29 is 22.7 Å². The van der Waals surface area contributed by atoms with Gasteiger partial charge in [-0.2, -0.15) is 13.2 Å². The van der Waals surface area contributed by atoms with Gasteiger partial charge in [0.05, 0.1) is 10.6 Å². The van der Waals surface area contributed by atoms with Gasteiger partial charge in [-0.1, -0.05) is 23.7 Å². The Morgan fingerprint density at radius 3 is 2.67 bits per heavy atom. The Labute approximate surface area is 174 Å². The van der Waals surface area contributed by atoms with Gasteiger partial charge in [0.2, 0.25) is 11.8 Å². The number of anilines is 2. The predicted octanol–water partition coefficient (Wildman–Crippen LogP) is 5.09. The van der Waals surface area contributed by atoms with Gasteiger partial charge >= 0.3 is 6.18 Å². The third-order valence-electron chi connectivity index (χ3n) is 3.98. The van der Waals surface area contributed by atoms with Crippen LogP contribution in [0.3, 0.4) is 0 Å². The Morgan fingerprint density at radius 2 is 1.93 bits per heavy atom. The maximum atomic E-state index is 12.9. The van der Waals surface area contributed by atoms with Gasteiger partial charge in [-0.25, -0.2) is 9.97 Å². The number of nitrogens with two attached hydrogens (primary N) is 1. The average Bonchev–Trinajstić information content (AvgIpc) is 2.67. The van der Waals surface area contributed by atoms with Crippen molar-refractivity contribution in [3.8, 4) is 11.6 Å². The summed E-state index contributed by atoms with van der Waals surface area (Å²) in [7, 11) is 0. The third kappa shape index (κ3) is 5.84. The highest BCUT2D eigenvalue weighted by atomic mass is 35.5. The zero-order valence-corrected chi connectivity index (χ0v) is 16.2. The molecule has 0 saturated carbocycles. The first kappa shape index (κ1) is 21.4. The van der Waals surface area contributed by atoms with Crippen molar-refractivity contribution in [1.82, 2.24) is 9.97 Å². The molecule has 0 radical (unpaired) electrons. The van der Waals surface area contributed by atoms with Crippen LogP contribution in [0.4, 0.5) is 24.7 Å². The van der Waals surface area contributed by atoms with E-state index in [4.69, 9.17) is 22.1 Å². The van der Waals surface area contributed by atoms with E-state index in [1.54, 1.807) is 24.3 Å². The van der Waals surface area contributed by atoms with Crippen LogP contribution >= 0.6 is 11.6 Å². The van der Waals surface area contributed by atoms with E-state index in [9.17, 15) is 18.0 Å². The van der Waals surface area contributed by atoms with Crippen LogP contribution in [0.2, 0.25) is 5.02 Å². The smallest absolute Gasteiger partial charge is 0.417 e. The van der Waals surface area contributed by atoms with Gasteiger partial charge in [0.1, 0.15) is 17.9 Å². The number of ether oxygens (including phenoxy) is 1. The summed E-state index contributed by atoms with van der Waals surface area (Å²) in [5, 5.41) is 2.02. The highest BCUT2D eigenvalue weighted by molar-refractivity contribution is 6.31. The second-order valence-electron chi connectivity index (χ2n) is 6.27. The standard InChI is InChI=1S/C20H16ClF3N4O2/c21-16-6-5-13(9-15(16)20(22,23)24)28-18(29)7-4-12-2-1-3-14(8-12)30-19-10-17(25)26-11-27-19/h1-3,5-6,8-11H,4,7H2,(H,28,29)(H2,25,26,27). The molecule has 0 aliphatic rings. The molecule has 0 saturated heterocycles. The molecule has 3 N–H and O–H groups in total. The van der Waals surface area contributed by atoms with Crippen molar-refractivity contribution in [2.24, 2.45) is 0 Å². The quantitative estimate of drug-likeness (QED) is 0.561. The largest absolute Gasteiger partial charge is 0.439 e. The normalized spacial score (nSPS) is 11.2. The lowest BCUT2D eigenvalue weighted by atomic mass is 10.1. The number of aromatic nitrogens is 2. The van der Waals surface area contributed by atoms with E-state index in [2.05, 4.69) is 15.3 Å². The van der Waals surface area contributed by atoms with E-state index in [1.165, 1.54) is 18.5 Å². The van der Waals surface area contributed by atoms with Crippen molar-refractivity contribution >= 4 is 29.0 Å². The Bertz CT molecular complexity index is 1060. The number of hydrogen-bond acceptors (Lipinski definition) is 5. The zero-order chi connectivity index (χ0) is 21.7. The number of halogens is 4. The van der Waals surface area contributed by atoms with Crippen LogP contribution in [0.1, 0.15) is 17.5 Å². The highest BCUT2D eigenvalue weighted by Crippen LogP contribution is 2.36. The fraction of sp³-hybridized carbons (Fsp3) is 0.150. The lowest BCUT2D eigenvalue weighted by Gasteiger charge is -2.12. The first-order valence-corrected chi connectivity index (χ1v) is 9.09. The molecule has 0 atom stereocenters. The Kier molecular flexibility index (Phi) is 6.41. The molecule has 1 amide bonds. The summed E-state index contributed by atoms with van der Waals surface area (Å²) in [6.07, 6.45) is -2.91. The molecule has 30 heavy (non-hydrogen) atoms. The summed E-state index contributed by atoms with van der Waals surface area (Å²) in [5.74, 6) is 0.614. The molecule has 0 bridgehead atoms. The lowest BCUT2D eigenvalue weighted by molar-refractivity contribution is -0.137.